The van der Waals surface area contributed by atoms with E-state index in [4.69, 9.17) is 25.9 Å². The highest BCUT2D eigenvalue weighted by Gasteiger charge is 2.41. The summed E-state index contributed by atoms with van der Waals surface area (Å²) in [6, 6.07) is 19.8. The van der Waals surface area contributed by atoms with Crippen LogP contribution in [0.2, 0.25) is 5.02 Å². The number of hydrazone groups is 1. The summed E-state index contributed by atoms with van der Waals surface area (Å²) in [6.07, 6.45) is 2.16. The molecule has 25 heavy (non-hydrogen) atoms. The van der Waals surface area contributed by atoms with Gasteiger partial charge in [0.15, 0.2) is 0 Å². The maximum atomic E-state index is 6.28. The minimum Gasteiger partial charge on any atom is -0.464 e. The van der Waals surface area contributed by atoms with E-state index in [2.05, 4.69) is 12.1 Å². The number of hydrogen-bond acceptors (Lipinski definition) is 4. The van der Waals surface area contributed by atoms with E-state index < -0.39 is 0 Å². The summed E-state index contributed by atoms with van der Waals surface area (Å²) in [4.78, 5) is 0. The predicted molar refractivity (Wildman–Crippen MR) is 95.7 cm³/mol. The fourth-order valence-electron chi connectivity index (χ4n) is 3.49. The number of ether oxygens (including phenoxy) is 1. The van der Waals surface area contributed by atoms with Crippen LogP contribution in [0.15, 0.2) is 76.4 Å². The molecule has 0 spiro atoms. The molecule has 124 valence electrons. The Kier molecular flexibility index (Phi) is 3.31. The number of benzene rings is 2. The Balaban J connectivity index is 1.62. The molecule has 5 heteroatoms. The van der Waals surface area contributed by atoms with Gasteiger partial charge in [0.25, 0.3) is 0 Å². The molecule has 0 saturated carbocycles. The predicted octanol–water partition coefficient (Wildman–Crippen LogP) is 5.18. The summed E-state index contributed by atoms with van der Waals surface area (Å²) in [5, 5.41) is 7.55. The van der Waals surface area contributed by atoms with E-state index in [-0.39, 0.29) is 12.3 Å². The molecule has 4 nitrogen and oxygen atoms in total. The number of nitrogens with zero attached hydrogens (tertiary/aromatic N) is 2. The van der Waals surface area contributed by atoms with Crippen molar-refractivity contribution in [3.8, 4) is 5.75 Å². The molecule has 2 atom stereocenters. The summed E-state index contributed by atoms with van der Waals surface area (Å²) in [5.74, 6) is 1.65. The van der Waals surface area contributed by atoms with Crippen molar-refractivity contribution in [3.63, 3.8) is 0 Å². The number of halogens is 1. The van der Waals surface area contributed by atoms with Crippen molar-refractivity contribution in [2.75, 3.05) is 0 Å². The molecule has 5 rings (SSSR count). The van der Waals surface area contributed by atoms with Gasteiger partial charge < -0.3 is 9.15 Å². The standard InChI is InChI=1S/C20H15ClN2O2/c21-14-8-9-18-15(11-14)17-12-16(19-7-4-10-24-19)22-23(17)20(25-18)13-5-2-1-3-6-13/h1-11,17,20H,12H2. The van der Waals surface area contributed by atoms with E-state index in [1.165, 1.54) is 0 Å². The van der Waals surface area contributed by atoms with Crippen molar-refractivity contribution in [3.05, 3.63) is 88.8 Å². The van der Waals surface area contributed by atoms with E-state index in [1.54, 1.807) is 6.26 Å². The van der Waals surface area contributed by atoms with Gasteiger partial charge >= 0.3 is 0 Å². The quantitative estimate of drug-likeness (QED) is 0.639. The van der Waals surface area contributed by atoms with Gasteiger partial charge in [0.1, 0.15) is 17.2 Å². The molecule has 3 aromatic rings. The molecule has 2 aliphatic rings. The number of fused-ring (bicyclic) bond motifs is 3. The molecule has 0 bridgehead atoms. The number of hydrogen-bond donors (Lipinski definition) is 0. The van der Waals surface area contributed by atoms with Crippen LogP contribution in [0.25, 0.3) is 0 Å². The van der Waals surface area contributed by atoms with Crippen molar-refractivity contribution in [2.24, 2.45) is 5.10 Å². The molecular formula is C20H15ClN2O2. The molecule has 0 N–H and O–H groups in total. The largest absolute Gasteiger partial charge is 0.464 e. The van der Waals surface area contributed by atoms with Gasteiger partial charge in [0, 0.05) is 22.6 Å². The second kappa shape index (κ2) is 5.67. The van der Waals surface area contributed by atoms with Crippen molar-refractivity contribution in [1.82, 2.24) is 5.01 Å². The number of furan rings is 1. The third-order valence-electron chi connectivity index (χ3n) is 4.64. The Morgan fingerprint density at radius 2 is 1.92 bits per heavy atom. The zero-order valence-corrected chi connectivity index (χ0v) is 14.1. The third kappa shape index (κ3) is 2.41. The maximum Gasteiger partial charge on any atom is 0.213 e. The lowest BCUT2D eigenvalue weighted by atomic mass is 9.97. The highest BCUT2D eigenvalue weighted by atomic mass is 35.5. The van der Waals surface area contributed by atoms with Crippen LogP contribution in [0, 0.1) is 0 Å². The molecule has 2 aromatic carbocycles. The monoisotopic (exact) mass is 350 g/mol. The fraction of sp³-hybridized carbons (Fsp3) is 0.150. The second-order valence-corrected chi connectivity index (χ2v) is 6.62. The summed E-state index contributed by atoms with van der Waals surface area (Å²) >= 11 is 6.23. The first-order chi connectivity index (χ1) is 12.3. The average Bonchev–Trinajstić information content (AvgIpc) is 3.31. The first-order valence-corrected chi connectivity index (χ1v) is 8.58. The third-order valence-corrected chi connectivity index (χ3v) is 4.88. The minimum absolute atomic E-state index is 0.0766. The highest BCUT2D eigenvalue weighted by Crippen LogP contribution is 2.48. The number of rotatable bonds is 2. The SMILES string of the molecule is Clc1ccc2c(c1)C1CC(c3ccco3)=NN1C(c1ccccc1)O2. The van der Waals surface area contributed by atoms with E-state index in [1.807, 2.05) is 53.5 Å². The van der Waals surface area contributed by atoms with Gasteiger partial charge in [-0.2, -0.15) is 5.10 Å². The van der Waals surface area contributed by atoms with E-state index in [0.717, 1.165) is 34.8 Å². The molecule has 1 aromatic heterocycles. The van der Waals surface area contributed by atoms with Gasteiger partial charge in [-0.15, -0.1) is 0 Å². The molecule has 2 aliphatic heterocycles. The van der Waals surface area contributed by atoms with Crippen LogP contribution in [0.3, 0.4) is 0 Å². The summed E-state index contributed by atoms with van der Waals surface area (Å²) in [7, 11) is 0. The summed E-state index contributed by atoms with van der Waals surface area (Å²) < 4.78 is 11.8. The van der Waals surface area contributed by atoms with Crippen LogP contribution in [0.5, 0.6) is 5.75 Å². The maximum absolute atomic E-state index is 6.28. The van der Waals surface area contributed by atoms with Crippen LogP contribution in [-0.2, 0) is 0 Å². The van der Waals surface area contributed by atoms with Crippen LogP contribution >= 0.6 is 11.6 Å². The van der Waals surface area contributed by atoms with Gasteiger partial charge in [-0.05, 0) is 30.3 Å². The Hall–Kier alpha value is -2.72. The van der Waals surface area contributed by atoms with Gasteiger partial charge in [-0.1, -0.05) is 41.9 Å². The van der Waals surface area contributed by atoms with Gasteiger partial charge in [0.2, 0.25) is 6.23 Å². The van der Waals surface area contributed by atoms with E-state index >= 15 is 0 Å². The van der Waals surface area contributed by atoms with Crippen LogP contribution in [-0.4, -0.2) is 10.7 Å². The van der Waals surface area contributed by atoms with Crippen molar-refractivity contribution in [2.45, 2.75) is 18.7 Å². The highest BCUT2D eigenvalue weighted by molar-refractivity contribution is 6.30. The van der Waals surface area contributed by atoms with Crippen LogP contribution in [0.1, 0.15) is 35.6 Å². The lowest BCUT2D eigenvalue weighted by molar-refractivity contribution is -0.0190. The van der Waals surface area contributed by atoms with Crippen molar-refractivity contribution < 1.29 is 9.15 Å². The first kappa shape index (κ1) is 14.6. The second-order valence-electron chi connectivity index (χ2n) is 6.19. The smallest absolute Gasteiger partial charge is 0.213 e. The minimum atomic E-state index is -0.271. The topological polar surface area (TPSA) is 38.0 Å². The van der Waals surface area contributed by atoms with Crippen LogP contribution < -0.4 is 4.74 Å². The summed E-state index contributed by atoms with van der Waals surface area (Å²) in [6.45, 7) is 0. The van der Waals surface area contributed by atoms with Gasteiger partial charge in [-0.25, -0.2) is 5.01 Å². The molecule has 0 saturated heterocycles. The summed E-state index contributed by atoms with van der Waals surface area (Å²) in [5.41, 5.74) is 3.05. The fourth-order valence-corrected chi connectivity index (χ4v) is 3.67. The first-order valence-electron chi connectivity index (χ1n) is 8.20. The molecule has 2 unspecified atom stereocenters. The lowest BCUT2D eigenvalue weighted by Crippen LogP contribution is -2.33. The molecule has 0 fully saturated rings. The average molecular weight is 351 g/mol. The van der Waals surface area contributed by atoms with Crippen molar-refractivity contribution >= 4 is 17.3 Å². The Morgan fingerprint density at radius 3 is 2.72 bits per heavy atom. The molecule has 0 aliphatic carbocycles. The van der Waals surface area contributed by atoms with Gasteiger partial charge in [-0.3, -0.25) is 0 Å². The van der Waals surface area contributed by atoms with E-state index in [0.29, 0.717) is 5.02 Å². The van der Waals surface area contributed by atoms with Crippen LogP contribution in [0.4, 0.5) is 0 Å². The zero-order valence-electron chi connectivity index (χ0n) is 13.3. The lowest BCUT2D eigenvalue weighted by Gasteiger charge is -2.38. The van der Waals surface area contributed by atoms with E-state index in [9.17, 15) is 0 Å². The Labute approximate surface area is 150 Å². The normalized spacial score (nSPS) is 21.3. The molecule has 3 heterocycles. The molecular weight excluding hydrogens is 336 g/mol. The van der Waals surface area contributed by atoms with Crippen molar-refractivity contribution in [1.29, 1.82) is 0 Å². The molecule has 0 radical (unpaired) electrons. The van der Waals surface area contributed by atoms with Gasteiger partial charge in [0.05, 0.1) is 12.3 Å². The zero-order chi connectivity index (χ0) is 16.8. The molecule has 0 amide bonds. The Morgan fingerprint density at radius 1 is 1.04 bits per heavy atom. The Bertz CT molecular complexity index is 938.